The van der Waals surface area contributed by atoms with E-state index in [4.69, 9.17) is 9.84 Å². The second-order valence-electron chi connectivity index (χ2n) is 6.51. The summed E-state index contributed by atoms with van der Waals surface area (Å²) in [4.78, 5) is 36.4. The molecule has 30 heavy (non-hydrogen) atoms. The molecule has 0 spiro atoms. The van der Waals surface area contributed by atoms with Crippen LogP contribution in [0.1, 0.15) is 11.1 Å². The van der Waals surface area contributed by atoms with E-state index in [-0.39, 0.29) is 18.5 Å². The van der Waals surface area contributed by atoms with Crippen LogP contribution >= 0.6 is 0 Å². The Balaban J connectivity index is 1.61. The maximum Gasteiger partial charge on any atom is 0.405 e. The van der Waals surface area contributed by atoms with Crippen LogP contribution in [0.4, 0.5) is 4.79 Å². The summed E-state index contributed by atoms with van der Waals surface area (Å²) in [6, 6.07) is 11.6. The van der Waals surface area contributed by atoms with Gasteiger partial charge in [-0.3, -0.25) is 9.78 Å². The van der Waals surface area contributed by atoms with E-state index in [0.717, 1.165) is 22.3 Å². The number of hydrogen-bond acceptors (Lipinski definition) is 6. The van der Waals surface area contributed by atoms with E-state index in [0.29, 0.717) is 13.2 Å². The Labute approximate surface area is 173 Å². The van der Waals surface area contributed by atoms with E-state index < -0.39 is 6.09 Å². The number of likely N-dealkylation sites (N-methyl/N-ethyl adjacent to an activating group) is 1. The van der Waals surface area contributed by atoms with Gasteiger partial charge in [0.1, 0.15) is 13.2 Å². The van der Waals surface area contributed by atoms with E-state index in [9.17, 15) is 9.59 Å². The largest absolute Gasteiger partial charge is 0.465 e. The first-order chi connectivity index (χ1) is 14.5. The standard InChI is InChI=1S/C21H21N5O4/c1-26(19(27)12-25-21(28)29)13-16-3-2-4-17(9-16)18-10-23-20(24-11-18)30-14-15-5-7-22-8-6-15/h2-11,25H,12-14H2,1H3,(H,28,29). The van der Waals surface area contributed by atoms with Crippen LogP contribution in [-0.2, 0) is 17.9 Å². The molecule has 0 aliphatic carbocycles. The molecule has 9 heteroatoms. The number of ether oxygens (including phenoxy) is 1. The predicted octanol–water partition coefficient (Wildman–Crippen LogP) is 2.34. The van der Waals surface area contributed by atoms with Gasteiger partial charge in [-0.15, -0.1) is 0 Å². The van der Waals surface area contributed by atoms with E-state index in [1.54, 1.807) is 31.8 Å². The summed E-state index contributed by atoms with van der Waals surface area (Å²) in [6.07, 6.45) is 5.53. The number of benzene rings is 1. The second kappa shape index (κ2) is 9.97. The Morgan fingerprint density at radius 2 is 1.80 bits per heavy atom. The number of rotatable bonds is 8. The molecule has 9 nitrogen and oxygen atoms in total. The number of carboxylic acid groups (broad SMARTS) is 1. The smallest absolute Gasteiger partial charge is 0.405 e. The molecular weight excluding hydrogens is 386 g/mol. The summed E-state index contributed by atoms with van der Waals surface area (Å²) in [5.74, 6) is -0.318. The van der Waals surface area contributed by atoms with Crippen LogP contribution in [0.2, 0.25) is 0 Å². The summed E-state index contributed by atoms with van der Waals surface area (Å²) < 4.78 is 5.58. The van der Waals surface area contributed by atoms with Crippen molar-refractivity contribution in [2.24, 2.45) is 0 Å². The van der Waals surface area contributed by atoms with Crippen molar-refractivity contribution in [2.75, 3.05) is 13.6 Å². The Morgan fingerprint density at radius 1 is 1.07 bits per heavy atom. The van der Waals surface area contributed by atoms with Crippen LogP contribution in [0.15, 0.2) is 61.2 Å². The van der Waals surface area contributed by atoms with Crippen LogP contribution < -0.4 is 10.1 Å². The van der Waals surface area contributed by atoms with Crippen molar-refractivity contribution in [3.05, 3.63) is 72.3 Å². The molecular formula is C21H21N5O4. The van der Waals surface area contributed by atoms with Gasteiger partial charge >= 0.3 is 12.1 Å². The molecule has 0 saturated heterocycles. The quantitative estimate of drug-likeness (QED) is 0.588. The molecule has 0 unspecified atom stereocenters. The zero-order valence-corrected chi connectivity index (χ0v) is 16.4. The fourth-order valence-electron chi connectivity index (χ4n) is 2.66. The summed E-state index contributed by atoms with van der Waals surface area (Å²) >= 11 is 0. The van der Waals surface area contributed by atoms with Gasteiger partial charge in [-0.25, -0.2) is 14.8 Å². The SMILES string of the molecule is CN(Cc1cccc(-c2cnc(OCc3ccncc3)nc2)c1)C(=O)CNC(=O)O. The van der Waals surface area contributed by atoms with E-state index in [2.05, 4.69) is 20.3 Å². The lowest BCUT2D eigenvalue weighted by Gasteiger charge is -2.17. The molecule has 0 radical (unpaired) electrons. The fraction of sp³-hybridized carbons (Fsp3) is 0.190. The summed E-state index contributed by atoms with van der Waals surface area (Å²) in [5.41, 5.74) is 3.59. The van der Waals surface area contributed by atoms with Crippen LogP contribution in [0.3, 0.4) is 0 Å². The van der Waals surface area contributed by atoms with Crippen molar-refractivity contribution >= 4 is 12.0 Å². The number of aromatic nitrogens is 3. The van der Waals surface area contributed by atoms with Crippen molar-refractivity contribution in [2.45, 2.75) is 13.2 Å². The van der Waals surface area contributed by atoms with Crippen molar-refractivity contribution < 1.29 is 19.4 Å². The number of nitrogens with zero attached hydrogens (tertiary/aromatic N) is 4. The predicted molar refractivity (Wildman–Crippen MR) is 109 cm³/mol. The average Bonchev–Trinajstić information content (AvgIpc) is 2.77. The molecule has 0 saturated carbocycles. The number of pyridine rings is 1. The Morgan fingerprint density at radius 3 is 2.50 bits per heavy atom. The Kier molecular flexibility index (Phi) is 6.88. The topological polar surface area (TPSA) is 118 Å². The minimum Gasteiger partial charge on any atom is -0.465 e. The van der Waals surface area contributed by atoms with E-state index in [1.165, 1.54) is 4.90 Å². The van der Waals surface area contributed by atoms with Gasteiger partial charge in [0.15, 0.2) is 0 Å². The first kappa shape index (κ1) is 20.7. The first-order valence-electron chi connectivity index (χ1n) is 9.15. The van der Waals surface area contributed by atoms with Crippen LogP contribution in [0, 0.1) is 0 Å². The maximum absolute atomic E-state index is 12.0. The highest BCUT2D eigenvalue weighted by Gasteiger charge is 2.11. The number of hydrogen-bond donors (Lipinski definition) is 2. The van der Waals surface area contributed by atoms with Gasteiger partial charge < -0.3 is 20.1 Å². The van der Waals surface area contributed by atoms with Gasteiger partial charge in [0, 0.05) is 43.9 Å². The second-order valence-corrected chi connectivity index (χ2v) is 6.51. The first-order valence-corrected chi connectivity index (χ1v) is 9.15. The number of carbonyl (C=O) groups excluding carboxylic acids is 1. The van der Waals surface area contributed by atoms with E-state index >= 15 is 0 Å². The highest BCUT2D eigenvalue weighted by molar-refractivity contribution is 5.81. The van der Waals surface area contributed by atoms with Crippen LogP contribution in [0.5, 0.6) is 6.01 Å². The molecule has 2 aromatic heterocycles. The molecule has 154 valence electrons. The van der Waals surface area contributed by atoms with Gasteiger partial charge in [-0.05, 0) is 34.9 Å². The molecule has 3 aromatic rings. The highest BCUT2D eigenvalue weighted by Crippen LogP contribution is 2.21. The van der Waals surface area contributed by atoms with Crippen LogP contribution in [0.25, 0.3) is 11.1 Å². The monoisotopic (exact) mass is 407 g/mol. The van der Waals surface area contributed by atoms with Gasteiger partial charge in [0.05, 0.1) is 0 Å². The minimum atomic E-state index is -1.23. The lowest BCUT2D eigenvalue weighted by Crippen LogP contribution is -2.37. The molecule has 0 fully saturated rings. The highest BCUT2D eigenvalue weighted by atomic mass is 16.5. The van der Waals surface area contributed by atoms with Crippen molar-refractivity contribution in [3.63, 3.8) is 0 Å². The normalized spacial score (nSPS) is 10.3. The molecule has 1 aromatic carbocycles. The zero-order valence-electron chi connectivity index (χ0n) is 16.4. The lowest BCUT2D eigenvalue weighted by molar-refractivity contribution is -0.129. The molecule has 3 rings (SSSR count). The third-order valence-corrected chi connectivity index (χ3v) is 4.24. The number of nitrogens with one attached hydrogen (secondary N) is 1. The fourth-order valence-corrected chi connectivity index (χ4v) is 2.66. The van der Waals surface area contributed by atoms with Gasteiger partial charge in [-0.1, -0.05) is 18.2 Å². The molecule has 0 aliphatic heterocycles. The molecule has 2 heterocycles. The molecule has 0 aliphatic rings. The Bertz CT molecular complexity index is 996. The van der Waals surface area contributed by atoms with Gasteiger partial charge in [0.2, 0.25) is 5.91 Å². The van der Waals surface area contributed by atoms with Crippen molar-refractivity contribution in [1.82, 2.24) is 25.2 Å². The summed E-state index contributed by atoms with van der Waals surface area (Å²) in [6.45, 7) is 0.441. The maximum atomic E-state index is 12.0. The van der Waals surface area contributed by atoms with Gasteiger partial charge in [-0.2, -0.15) is 0 Å². The third-order valence-electron chi connectivity index (χ3n) is 4.24. The summed E-state index contributed by atoms with van der Waals surface area (Å²) in [5, 5.41) is 10.7. The molecule has 2 amide bonds. The van der Waals surface area contributed by atoms with Crippen molar-refractivity contribution in [1.29, 1.82) is 0 Å². The van der Waals surface area contributed by atoms with Gasteiger partial charge in [0.25, 0.3) is 0 Å². The third kappa shape index (κ3) is 5.99. The molecule has 0 bridgehead atoms. The minimum absolute atomic E-state index is 0.264. The molecule has 0 atom stereocenters. The van der Waals surface area contributed by atoms with E-state index in [1.807, 2.05) is 36.4 Å². The lowest BCUT2D eigenvalue weighted by atomic mass is 10.1. The summed E-state index contributed by atoms with van der Waals surface area (Å²) in [7, 11) is 1.62. The Hall–Kier alpha value is -4.01. The van der Waals surface area contributed by atoms with Crippen LogP contribution in [-0.4, -0.2) is 50.6 Å². The van der Waals surface area contributed by atoms with Crippen molar-refractivity contribution in [3.8, 4) is 17.1 Å². The molecule has 2 N–H and O–H groups in total. The number of amides is 2. The number of carbonyl (C=O) groups is 2. The zero-order chi connectivity index (χ0) is 21.3. The average molecular weight is 407 g/mol.